The molecule has 2 heterocycles. The predicted molar refractivity (Wildman–Crippen MR) is 73.3 cm³/mol. The molecule has 3 rings (SSSR count). The van der Waals surface area contributed by atoms with Gasteiger partial charge in [-0.05, 0) is 35.2 Å². The van der Waals surface area contributed by atoms with Gasteiger partial charge >= 0.3 is 0 Å². The van der Waals surface area contributed by atoms with Crippen LogP contribution in [-0.4, -0.2) is 49.3 Å². The zero-order valence-corrected chi connectivity index (χ0v) is 11.9. The number of rotatable bonds is 3. The zero-order valence-electron chi connectivity index (χ0n) is 11.1. The van der Waals surface area contributed by atoms with Crippen molar-refractivity contribution in [2.24, 2.45) is 0 Å². The van der Waals surface area contributed by atoms with E-state index in [4.69, 9.17) is 9.47 Å². The van der Waals surface area contributed by atoms with Gasteiger partial charge in [0, 0.05) is 13.7 Å². The van der Waals surface area contributed by atoms with Crippen molar-refractivity contribution in [3.05, 3.63) is 22.4 Å². The molecule has 1 aromatic heterocycles. The summed E-state index contributed by atoms with van der Waals surface area (Å²) in [6.45, 7) is 1.33. The van der Waals surface area contributed by atoms with E-state index in [0.29, 0.717) is 19.6 Å². The van der Waals surface area contributed by atoms with Crippen LogP contribution < -0.4 is 0 Å². The van der Waals surface area contributed by atoms with Crippen LogP contribution in [0, 0.1) is 0 Å². The minimum atomic E-state index is 0.0603. The second kappa shape index (κ2) is 5.61. The maximum Gasteiger partial charge on any atom is 0.227 e. The van der Waals surface area contributed by atoms with Crippen molar-refractivity contribution >= 4 is 17.2 Å². The Hall–Kier alpha value is -0.910. The number of fused-ring (bicyclic) bond motifs is 1. The maximum absolute atomic E-state index is 12.4. The summed E-state index contributed by atoms with van der Waals surface area (Å²) in [7, 11) is 1.72. The number of carbonyl (C=O) groups is 1. The summed E-state index contributed by atoms with van der Waals surface area (Å²) in [5.41, 5.74) is 1.11. The average molecular weight is 281 g/mol. The first kappa shape index (κ1) is 13.1. The van der Waals surface area contributed by atoms with Crippen LogP contribution in [0.1, 0.15) is 18.4 Å². The van der Waals surface area contributed by atoms with Crippen molar-refractivity contribution in [1.82, 2.24) is 4.90 Å². The minimum Gasteiger partial charge on any atom is -0.379 e. The summed E-state index contributed by atoms with van der Waals surface area (Å²) in [5, 5.41) is 4.06. The summed E-state index contributed by atoms with van der Waals surface area (Å²) < 4.78 is 11.3. The van der Waals surface area contributed by atoms with Gasteiger partial charge < -0.3 is 14.4 Å². The van der Waals surface area contributed by atoms with E-state index < -0.39 is 0 Å². The Labute approximate surface area is 117 Å². The Morgan fingerprint density at radius 3 is 3.21 bits per heavy atom. The first-order valence-electron chi connectivity index (χ1n) is 6.74. The molecule has 1 amide bonds. The van der Waals surface area contributed by atoms with E-state index in [1.54, 1.807) is 18.4 Å². The minimum absolute atomic E-state index is 0.0603. The molecule has 4 nitrogen and oxygen atoms in total. The Morgan fingerprint density at radius 2 is 2.47 bits per heavy atom. The largest absolute Gasteiger partial charge is 0.379 e. The van der Waals surface area contributed by atoms with Crippen LogP contribution in [-0.2, 0) is 20.7 Å². The monoisotopic (exact) mass is 281 g/mol. The SMILES string of the molecule is CO[C@H]1CC[C@H]2[C@H]1OCCN2C(=O)Cc1ccsc1. The molecule has 2 aliphatic rings. The Bertz CT molecular complexity index is 434. The van der Waals surface area contributed by atoms with E-state index in [9.17, 15) is 4.79 Å². The highest BCUT2D eigenvalue weighted by Gasteiger charge is 2.44. The lowest BCUT2D eigenvalue weighted by atomic mass is 10.1. The van der Waals surface area contributed by atoms with Crippen LogP contribution in [0.3, 0.4) is 0 Å². The Morgan fingerprint density at radius 1 is 1.58 bits per heavy atom. The maximum atomic E-state index is 12.4. The smallest absolute Gasteiger partial charge is 0.227 e. The van der Waals surface area contributed by atoms with Crippen LogP contribution in [0.2, 0.25) is 0 Å². The van der Waals surface area contributed by atoms with Crippen molar-refractivity contribution < 1.29 is 14.3 Å². The van der Waals surface area contributed by atoms with Gasteiger partial charge in [0.1, 0.15) is 6.10 Å². The number of amides is 1. The van der Waals surface area contributed by atoms with Crippen LogP contribution in [0.25, 0.3) is 0 Å². The molecule has 104 valence electrons. The molecule has 0 bridgehead atoms. The third kappa shape index (κ3) is 2.55. The second-order valence-electron chi connectivity index (χ2n) is 5.15. The fraction of sp³-hybridized carbons (Fsp3) is 0.643. The number of hydrogen-bond donors (Lipinski definition) is 0. The number of nitrogens with zero attached hydrogens (tertiary/aromatic N) is 1. The van der Waals surface area contributed by atoms with Crippen LogP contribution in [0.4, 0.5) is 0 Å². The molecule has 1 saturated carbocycles. The van der Waals surface area contributed by atoms with Crippen molar-refractivity contribution in [1.29, 1.82) is 0 Å². The molecule has 19 heavy (non-hydrogen) atoms. The van der Waals surface area contributed by atoms with Crippen molar-refractivity contribution in [3.8, 4) is 0 Å². The zero-order chi connectivity index (χ0) is 13.2. The van der Waals surface area contributed by atoms with Crippen molar-refractivity contribution in [3.63, 3.8) is 0 Å². The lowest BCUT2D eigenvalue weighted by Gasteiger charge is -2.39. The third-order valence-electron chi connectivity index (χ3n) is 4.09. The molecule has 3 atom stereocenters. The molecule has 1 aromatic rings. The lowest BCUT2D eigenvalue weighted by molar-refractivity contribution is -0.149. The number of ether oxygens (including phenoxy) is 2. The number of thiophene rings is 1. The first-order chi connectivity index (χ1) is 9.29. The second-order valence-corrected chi connectivity index (χ2v) is 5.93. The third-order valence-corrected chi connectivity index (χ3v) is 4.83. The van der Waals surface area contributed by atoms with Crippen LogP contribution in [0.15, 0.2) is 16.8 Å². The van der Waals surface area contributed by atoms with Crippen molar-refractivity contribution in [2.75, 3.05) is 20.3 Å². The predicted octanol–water partition coefficient (Wildman–Crippen LogP) is 1.70. The molecule has 1 aliphatic carbocycles. The molecule has 0 unspecified atom stereocenters. The topological polar surface area (TPSA) is 38.8 Å². The molecule has 0 N–H and O–H groups in total. The summed E-state index contributed by atoms with van der Waals surface area (Å²) in [6.07, 6.45) is 2.67. The van der Waals surface area contributed by atoms with Crippen LogP contribution >= 0.6 is 11.3 Å². The van der Waals surface area contributed by atoms with Gasteiger partial charge in [-0.25, -0.2) is 0 Å². The lowest BCUT2D eigenvalue weighted by Crippen LogP contribution is -2.54. The molecule has 0 aromatic carbocycles. The molecule has 2 fully saturated rings. The summed E-state index contributed by atoms with van der Waals surface area (Å²) in [4.78, 5) is 14.4. The molecule has 0 spiro atoms. The normalized spacial score (nSPS) is 30.4. The molecular weight excluding hydrogens is 262 g/mol. The van der Waals surface area contributed by atoms with Gasteiger partial charge in [0.05, 0.1) is 25.2 Å². The van der Waals surface area contributed by atoms with Crippen molar-refractivity contribution in [2.45, 2.75) is 37.5 Å². The Kier molecular flexibility index (Phi) is 3.86. The van der Waals surface area contributed by atoms with Gasteiger partial charge in [0.2, 0.25) is 5.91 Å². The highest BCUT2D eigenvalue weighted by atomic mass is 32.1. The van der Waals surface area contributed by atoms with E-state index >= 15 is 0 Å². The highest BCUT2D eigenvalue weighted by Crippen LogP contribution is 2.32. The van der Waals surface area contributed by atoms with Gasteiger partial charge in [0.25, 0.3) is 0 Å². The molecular formula is C14H19NO3S. The average Bonchev–Trinajstić information content (AvgIpc) is 3.06. The quantitative estimate of drug-likeness (QED) is 0.846. The molecule has 0 radical (unpaired) electrons. The summed E-state index contributed by atoms with van der Waals surface area (Å²) >= 11 is 1.64. The fourth-order valence-corrected chi connectivity index (χ4v) is 3.82. The van der Waals surface area contributed by atoms with E-state index in [2.05, 4.69) is 0 Å². The number of methoxy groups -OCH3 is 1. The van der Waals surface area contributed by atoms with Gasteiger partial charge in [-0.2, -0.15) is 11.3 Å². The fourth-order valence-electron chi connectivity index (χ4n) is 3.15. The Balaban J connectivity index is 1.68. The summed E-state index contributed by atoms with van der Waals surface area (Å²) in [5.74, 6) is 0.216. The molecule has 1 saturated heterocycles. The van der Waals surface area contributed by atoms with Gasteiger partial charge in [0.15, 0.2) is 0 Å². The van der Waals surface area contributed by atoms with Gasteiger partial charge in [-0.1, -0.05) is 0 Å². The number of morpholine rings is 1. The van der Waals surface area contributed by atoms with Gasteiger partial charge in [-0.15, -0.1) is 0 Å². The molecule has 1 aliphatic heterocycles. The van der Waals surface area contributed by atoms with E-state index in [1.807, 2.05) is 21.7 Å². The number of hydrogen-bond acceptors (Lipinski definition) is 4. The summed E-state index contributed by atoms with van der Waals surface area (Å²) in [6, 6.07) is 2.22. The highest BCUT2D eigenvalue weighted by molar-refractivity contribution is 7.07. The van der Waals surface area contributed by atoms with Crippen LogP contribution in [0.5, 0.6) is 0 Å². The van der Waals surface area contributed by atoms with E-state index in [1.165, 1.54) is 0 Å². The van der Waals surface area contributed by atoms with E-state index in [-0.39, 0.29) is 24.2 Å². The standard InChI is InChI=1S/C14H19NO3S/c1-17-12-3-2-11-14(12)18-6-5-15(11)13(16)8-10-4-7-19-9-10/h4,7,9,11-12,14H,2-3,5-6,8H2,1H3/t11-,12-,14+/m0/s1. The number of carbonyl (C=O) groups excluding carboxylic acids is 1. The van der Waals surface area contributed by atoms with Gasteiger partial charge in [-0.3, -0.25) is 4.79 Å². The molecule has 5 heteroatoms. The van der Waals surface area contributed by atoms with E-state index in [0.717, 1.165) is 18.4 Å². The first-order valence-corrected chi connectivity index (χ1v) is 7.69.